The maximum Gasteiger partial charge on any atom is 0.573 e. The van der Waals surface area contributed by atoms with Crippen molar-refractivity contribution in [1.29, 1.82) is 0 Å². The number of rotatable bonds is 2. The first-order valence-corrected chi connectivity index (χ1v) is 3.81. The summed E-state index contributed by atoms with van der Waals surface area (Å²) in [7, 11) is -2.46. The lowest BCUT2D eigenvalue weighted by molar-refractivity contribution is -0.274. The number of hydrogen-bond donors (Lipinski definition) is 2. The highest BCUT2D eigenvalue weighted by Crippen LogP contribution is 2.23. The minimum atomic E-state index is -5.09. The first-order chi connectivity index (χ1) is 7.20. The number of alkyl halides is 3. The predicted molar refractivity (Wildman–Crippen MR) is 42.9 cm³/mol. The van der Waals surface area contributed by atoms with Crippen molar-refractivity contribution < 1.29 is 36.7 Å². The molecule has 0 saturated heterocycles. The van der Waals surface area contributed by atoms with Gasteiger partial charge < -0.3 is 14.8 Å². The molecule has 1 aromatic rings. The van der Waals surface area contributed by atoms with Crippen molar-refractivity contribution in [2.75, 3.05) is 0 Å². The highest BCUT2D eigenvalue weighted by atomic mass is 19.4. The molecule has 0 bridgehead atoms. The van der Waals surface area contributed by atoms with Gasteiger partial charge in [-0.05, 0) is 0 Å². The third kappa shape index (κ3) is 3.07. The number of hydrogen-bond acceptors (Lipinski definition) is 3. The zero-order chi connectivity index (χ0) is 12.5. The van der Waals surface area contributed by atoms with Gasteiger partial charge in [-0.2, -0.15) is 0 Å². The molecule has 0 aliphatic heterocycles. The van der Waals surface area contributed by atoms with Gasteiger partial charge in [0.1, 0.15) is 17.4 Å². The molecule has 1 rings (SSSR count). The maximum atomic E-state index is 12.9. The van der Waals surface area contributed by atoms with Crippen LogP contribution in [0.25, 0.3) is 0 Å². The summed E-state index contributed by atoms with van der Waals surface area (Å²) in [6.07, 6.45) is -5.09. The highest BCUT2D eigenvalue weighted by molar-refractivity contribution is 6.58. The Morgan fingerprint density at radius 2 is 1.50 bits per heavy atom. The van der Waals surface area contributed by atoms with Gasteiger partial charge in [-0.1, -0.05) is 0 Å². The molecule has 0 aliphatic rings. The molecule has 2 N–H and O–H groups in total. The molecule has 0 saturated carbocycles. The Bertz CT molecular complexity index is 369. The molecule has 0 atom stereocenters. The summed E-state index contributed by atoms with van der Waals surface area (Å²) in [5, 5.41) is 17.0. The summed E-state index contributed by atoms with van der Waals surface area (Å²) in [5.41, 5.74) is -1.14. The number of ether oxygens (including phenoxy) is 1. The van der Waals surface area contributed by atoms with Gasteiger partial charge in [-0.3, -0.25) is 0 Å². The highest BCUT2D eigenvalue weighted by Gasteiger charge is 2.32. The van der Waals surface area contributed by atoms with Crippen molar-refractivity contribution in [3.63, 3.8) is 0 Å². The average molecular weight is 242 g/mol. The van der Waals surface area contributed by atoms with Crippen LogP contribution in [0.4, 0.5) is 22.0 Å². The van der Waals surface area contributed by atoms with E-state index in [2.05, 4.69) is 4.74 Å². The van der Waals surface area contributed by atoms with E-state index in [1.807, 2.05) is 0 Å². The summed E-state index contributed by atoms with van der Waals surface area (Å²) in [6.45, 7) is 0. The fraction of sp³-hybridized carbons (Fsp3) is 0.143. The summed E-state index contributed by atoms with van der Waals surface area (Å²) >= 11 is 0. The van der Waals surface area contributed by atoms with Crippen LogP contribution in [0.3, 0.4) is 0 Å². The standard InChI is InChI=1S/C7H4BF5O3/c9-4-1-3(16-7(11,12)13)2-5(10)6(4)8(14)15/h1-2,14-15H. The lowest BCUT2D eigenvalue weighted by Gasteiger charge is -2.10. The van der Waals surface area contributed by atoms with Gasteiger partial charge in [0.2, 0.25) is 0 Å². The van der Waals surface area contributed by atoms with Gasteiger partial charge in [0.15, 0.2) is 0 Å². The Labute approximate surface area is 86.2 Å². The predicted octanol–water partition coefficient (Wildman–Crippen LogP) is 0.543. The molecule has 3 nitrogen and oxygen atoms in total. The van der Waals surface area contributed by atoms with Crippen molar-refractivity contribution in [1.82, 2.24) is 0 Å². The molecule has 0 amide bonds. The molecule has 16 heavy (non-hydrogen) atoms. The Morgan fingerprint density at radius 1 is 1.06 bits per heavy atom. The molecule has 0 heterocycles. The summed E-state index contributed by atoms with van der Waals surface area (Å²) in [4.78, 5) is 0. The van der Waals surface area contributed by atoms with E-state index < -0.39 is 36.3 Å². The third-order valence-corrected chi connectivity index (χ3v) is 1.54. The molecule has 9 heteroatoms. The van der Waals surface area contributed by atoms with E-state index in [1.165, 1.54) is 0 Å². The topological polar surface area (TPSA) is 49.7 Å². The third-order valence-electron chi connectivity index (χ3n) is 1.54. The number of benzene rings is 1. The fourth-order valence-electron chi connectivity index (χ4n) is 1.00. The van der Waals surface area contributed by atoms with E-state index in [9.17, 15) is 22.0 Å². The smallest absolute Gasteiger partial charge is 0.423 e. The first kappa shape index (κ1) is 12.7. The van der Waals surface area contributed by atoms with E-state index >= 15 is 0 Å². The van der Waals surface area contributed by atoms with Crippen molar-refractivity contribution in [2.24, 2.45) is 0 Å². The quantitative estimate of drug-likeness (QED) is 0.587. The Morgan fingerprint density at radius 3 is 1.81 bits per heavy atom. The largest absolute Gasteiger partial charge is 0.573 e. The first-order valence-electron chi connectivity index (χ1n) is 3.81. The average Bonchev–Trinajstić information content (AvgIpc) is 1.96. The van der Waals surface area contributed by atoms with E-state index in [0.717, 1.165) is 0 Å². The Hall–Kier alpha value is -1.35. The van der Waals surface area contributed by atoms with Gasteiger partial charge in [0, 0.05) is 12.1 Å². The lowest BCUT2D eigenvalue weighted by Crippen LogP contribution is -2.35. The summed E-state index contributed by atoms with van der Waals surface area (Å²) in [6, 6.07) is 0.399. The second-order valence-corrected chi connectivity index (χ2v) is 2.72. The molecular formula is C7H4BF5O3. The van der Waals surface area contributed by atoms with E-state index in [1.54, 1.807) is 0 Å². The second-order valence-electron chi connectivity index (χ2n) is 2.72. The summed E-state index contributed by atoms with van der Waals surface area (Å²) < 4.78 is 64.2. The van der Waals surface area contributed by atoms with Crippen molar-refractivity contribution in [2.45, 2.75) is 6.36 Å². The van der Waals surface area contributed by atoms with E-state index in [0.29, 0.717) is 0 Å². The minimum absolute atomic E-state index is 0.200. The molecule has 0 aliphatic carbocycles. The van der Waals surface area contributed by atoms with Gasteiger partial charge in [0.25, 0.3) is 0 Å². The maximum absolute atomic E-state index is 12.9. The molecular weight excluding hydrogens is 238 g/mol. The molecule has 0 aromatic heterocycles. The monoisotopic (exact) mass is 242 g/mol. The molecule has 0 unspecified atom stereocenters. The van der Waals surface area contributed by atoms with Crippen LogP contribution in [0, 0.1) is 11.6 Å². The lowest BCUT2D eigenvalue weighted by atomic mass is 9.79. The van der Waals surface area contributed by atoms with Crippen LogP contribution < -0.4 is 10.2 Å². The van der Waals surface area contributed by atoms with Crippen LogP contribution in [0.15, 0.2) is 12.1 Å². The zero-order valence-electron chi connectivity index (χ0n) is 7.42. The molecule has 88 valence electrons. The van der Waals surface area contributed by atoms with Gasteiger partial charge >= 0.3 is 13.5 Å². The SMILES string of the molecule is OB(O)c1c(F)cc(OC(F)(F)F)cc1F. The van der Waals surface area contributed by atoms with Gasteiger partial charge in [-0.15, -0.1) is 13.2 Å². The summed E-state index contributed by atoms with van der Waals surface area (Å²) in [5.74, 6) is -4.21. The second kappa shape index (κ2) is 4.26. The zero-order valence-corrected chi connectivity index (χ0v) is 7.42. The van der Waals surface area contributed by atoms with Crippen LogP contribution in [0.5, 0.6) is 5.75 Å². The normalized spacial score (nSPS) is 11.4. The van der Waals surface area contributed by atoms with Gasteiger partial charge in [0.05, 0.1) is 5.46 Å². The van der Waals surface area contributed by atoms with Gasteiger partial charge in [-0.25, -0.2) is 8.78 Å². The van der Waals surface area contributed by atoms with E-state index in [4.69, 9.17) is 10.0 Å². The molecule has 0 spiro atoms. The Balaban J connectivity index is 3.10. The molecule has 0 fully saturated rings. The minimum Gasteiger partial charge on any atom is -0.423 e. The van der Waals surface area contributed by atoms with Crippen LogP contribution in [0.1, 0.15) is 0 Å². The van der Waals surface area contributed by atoms with Crippen LogP contribution in [-0.2, 0) is 0 Å². The fourth-order valence-corrected chi connectivity index (χ4v) is 1.00. The molecule has 0 radical (unpaired) electrons. The van der Waals surface area contributed by atoms with Crippen molar-refractivity contribution in [3.8, 4) is 5.75 Å². The van der Waals surface area contributed by atoms with Crippen LogP contribution in [0.2, 0.25) is 0 Å². The van der Waals surface area contributed by atoms with Crippen molar-refractivity contribution >= 4 is 12.6 Å². The van der Waals surface area contributed by atoms with Crippen LogP contribution in [-0.4, -0.2) is 23.5 Å². The van der Waals surface area contributed by atoms with Crippen LogP contribution >= 0.6 is 0 Å². The van der Waals surface area contributed by atoms with E-state index in [-0.39, 0.29) is 12.1 Å². The molecule has 1 aromatic carbocycles. The van der Waals surface area contributed by atoms with Crippen molar-refractivity contribution in [3.05, 3.63) is 23.8 Å². The Kier molecular flexibility index (Phi) is 3.39. The number of halogens is 5.